The zero-order chi connectivity index (χ0) is 13.5. The van der Waals surface area contributed by atoms with Crippen molar-refractivity contribution in [2.45, 2.75) is 24.5 Å². The number of hydrogen-bond acceptors (Lipinski definition) is 3. The summed E-state index contributed by atoms with van der Waals surface area (Å²) in [5.74, 6) is -0.386. The van der Waals surface area contributed by atoms with Gasteiger partial charge in [0, 0.05) is 13.1 Å². The van der Waals surface area contributed by atoms with Gasteiger partial charge in [-0.25, -0.2) is 12.8 Å². The van der Waals surface area contributed by atoms with Crippen LogP contribution in [0.4, 0.5) is 10.1 Å². The maximum Gasteiger partial charge on any atom is 0.239 e. The first-order valence-electron chi connectivity index (χ1n) is 6.60. The smallest absolute Gasteiger partial charge is 0.239 e. The molecule has 6 heteroatoms. The van der Waals surface area contributed by atoms with Crippen molar-refractivity contribution in [1.82, 2.24) is 5.32 Å². The third kappa shape index (κ3) is 2.23. The van der Waals surface area contributed by atoms with Crippen LogP contribution in [-0.4, -0.2) is 33.3 Å². The lowest BCUT2D eigenvalue weighted by Crippen LogP contribution is -2.45. The van der Waals surface area contributed by atoms with Gasteiger partial charge in [-0.1, -0.05) is 6.07 Å². The van der Waals surface area contributed by atoms with Gasteiger partial charge in [-0.15, -0.1) is 0 Å². The fourth-order valence-electron chi connectivity index (χ4n) is 2.84. The van der Waals surface area contributed by atoms with Gasteiger partial charge in [-0.05, 0) is 43.5 Å². The number of sulfonamides is 1. The van der Waals surface area contributed by atoms with Crippen LogP contribution in [0.3, 0.4) is 0 Å². The SMILES string of the molecule is O=S(=O)(C1CCCNC1)N1CCc2ccc(F)cc21. The Labute approximate surface area is 112 Å². The van der Waals surface area contributed by atoms with Crippen LogP contribution in [0.15, 0.2) is 18.2 Å². The molecule has 3 rings (SSSR count). The summed E-state index contributed by atoms with van der Waals surface area (Å²) >= 11 is 0. The van der Waals surface area contributed by atoms with Gasteiger partial charge >= 0.3 is 0 Å². The minimum Gasteiger partial charge on any atom is -0.315 e. The van der Waals surface area contributed by atoms with E-state index in [9.17, 15) is 12.8 Å². The first kappa shape index (κ1) is 12.9. The minimum absolute atomic E-state index is 0.386. The van der Waals surface area contributed by atoms with Crippen LogP contribution in [0.1, 0.15) is 18.4 Å². The van der Waals surface area contributed by atoms with Gasteiger partial charge in [0.1, 0.15) is 5.82 Å². The van der Waals surface area contributed by atoms with Crippen molar-refractivity contribution >= 4 is 15.7 Å². The van der Waals surface area contributed by atoms with E-state index < -0.39 is 15.3 Å². The summed E-state index contributed by atoms with van der Waals surface area (Å²) in [5, 5.41) is 2.73. The minimum atomic E-state index is -3.39. The van der Waals surface area contributed by atoms with Crippen molar-refractivity contribution in [2.24, 2.45) is 0 Å². The summed E-state index contributed by atoms with van der Waals surface area (Å²) in [5.41, 5.74) is 1.43. The molecule has 0 saturated carbocycles. The van der Waals surface area contributed by atoms with E-state index in [0.717, 1.165) is 18.5 Å². The second-order valence-corrected chi connectivity index (χ2v) is 7.25. The molecule has 104 valence electrons. The molecule has 0 amide bonds. The number of rotatable bonds is 2. The molecule has 19 heavy (non-hydrogen) atoms. The van der Waals surface area contributed by atoms with E-state index in [4.69, 9.17) is 0 Å². The van der Waals surface area contributed by atoms with Crippen LogP contribution in [0.25, 0.3) is 0 Å². The molecule has 0 bridgehead atoms. The first-order chi connectivity index (χ1) is 9.09. The molecule has 4 nitrogen and oxygen atoms in total. The van der Waals surface area contributed by atoms with Crippen LogP contribution in [0, 0.1) is 5.82 Å². The maximum absolute atomic E-state index is 13.3. The molecule has 0 aromatic heterocycles. The molecular formula is C13H17FN2O2S. The number of nitrogens with zero attached hydrogens (tertiary/aromatic N) is 1. The van der Waals surface area contributed by atoms with Crippen molar-refractivity contribution in [3.05, 3.63) is 29.6 Å². The second-order valence-electron chi connectivity index (χ2n) is 5.11. The van der Waals surface area contributed by atoms with Crippen molar-refractivity contribution in [3.63, 3.8) is 0 Å². The number of piperidine rings is 1. The fraction of sp³-hybridized carbons (Fsp3) is 0.538. The Morgan fingerprint density at radius 2 is 2.21 bits per heavy atom. The highest BCUT2D eigenvalue weighted by Gasteiger charge is 2.36. The summed E-state index contributed by atoms with van der Waals surface area (Å²) in [6.45, 7) is 1.79. The normalized spacial score (nSPS) is 23.4. The van der Waals surface area contributed by atoms with E-state index in [0.29, 0.717) is 31.6 Å². The van der Waals surface area contributed by atoms with Crippen LogP contribution in [-0.2, 0) is 16.4 Å². The monoisotopic (exact) mass is 284 g/mol. The molecule has 0 spiro atoms. The third-order valence-electron chi connectivity index (χ3n) is 3.88. The number of hydrogen-bond donors (Lipinski definition) is 1. The Bertz CT molecular complexity index is 582. The van der Waals surface area contributed by atoms with Crippen molar-refractivity contribution in [3.8, 4) is 0 Å². The summed E-state index contributed by atoms with van der Waals surface area (Å²) in [7, 11) is -3.39. The molecule has 1 atom stereocenters. The third-order valence-corrected chi connectivity index (χ3v) is 6.12. The van der Waals surface area contributed by atoms with Crippen molar-refractivity contribution in [1.29, 1.82) is 0 Å². The molecule has 1 saturated heterocycles. The molecule has 1 N–H and O–H groups in total. The van der Waals surface area contributed by atoms with Crippen molar-refractivity contribution in [2.75, 3.05) is 23.9 Å². The van der Waals surface area contributed by atoms with Gasteiger partial charge in [-0.3, -0.25) is 4.31 Å². The summed E-state index contributed by atoms with van der Waals surface area (Å²) in [4.78, 5) is 0. The Balaban J connectivity index is 1.93. The average molecular weight is 284 g/mol. The standard InChI is InChI=1S/C13H17FN2O2S/c14-11-4-3-10-5-7-16(13(10)8-11)19(17,18)12-2-1-6-15-9-12/h3-4,8,12,15H,1-2,5-7,9H2. The highest BCUT2D eigenvalue weighted by Crippen LogP contribution is 2.33. The van der Waals surface area contributed by atoms with E-state index in [2.05, 4.69) is 5.32 Å². The van der Waals surface area contributed by atoms with Gasteiger partial charge in [0.2, 0.25) is 10.0 Å². The molecule has 1 fully saturated rings. The summed E-state index contributed by atoms with van der Waals surface area (Å²) in [6.07, 6.45) is 2.21. The van der Waals surface area contributed by atoms with Gasteiger partial charge in [0.15, 0.2) is 0 Å². The lowest BCUT2D eigenvalue weighted by Gasteiger charge is -2.29. The van der Waals surface area contributed by atoms with Crippen molar-refractivity contribution < 1.29 is 12.8 Å². The zero-order valence-electron chi connectivity index (χ0n) is 10.6. The average Bonchev–Trinajstić information content (AvgIpc) is 2.83. The largest absolute Gasteiger partial charge is 0.315 e. The predicted octanol–water partition coefficient (Wildman–Crippen LogP) is 1.27. The first-order valence-corrected chi connectivity index (χ1v) is 8.10. The Morgan fingerprint density at radius 1 is 1.37 bits per heavy atom. The summed E-state index contributed by atoms with van der Waals surface area (Å²) < 4.78 is 40.0. The Hall–Kier alpha value is -1.14. The number of anilines is 1. The van der Waals surface area contributed by atoms with Gasteiger partial charge in [0.05, 0.1) is 10.9 Å². The number of benzene rings is 1. The molecule has 0 radical (unpaired) electrons. The number of fused-ring (bicyclic) bond motifs is 1. The second kappa shape index (κ2) is 4.76. The van der Waals surface area contributed by atoms with Crippen LogP contribution in [0.5, 0.6) is 0 Å². The highest BCUT2D eigenvalue weighted by atomic mass is 32.2. The van der Waals surface area contributed by atoms with Crippen LogP contribution >= 0.6 is 0 Å². The number of nitrogens with one attached hydrogen (secondary N) is 1. The lowest BCUT2D eigenvalue weighted by molar-refractivity contribution is 0.495. The van der Waals surface area contributed by atoms with E-state index in [1.807, 2.05) is 0 Å². The maximum atomic E-state index is 13.3. The van der Waals surface area contributed by atoms with E-state index >= 15 is 0 Å². The molecule has 2 heterocycles. The molecule has 1 aromatic rings. The van der Waals surface area contributed by atoms with Gasteiger partial charge in [-0.2, -0.15) is 0 Å². The molecular weight excluding hydrogens is 267 g/mol. The Morgan fingerprint density at radius 3 is 2.95 bits per heavy atom. The van der Waals surface area contributed by atoms with E-state index in [1.54, 1.807) is 6.07 Å². The molecule has 1 unspecified atom stereocenters. The van der Waals surface area contributed by atoms with Crippen LogP contribution < -0.4 is 9.62 Å². The molecule has 2 aliphatic rings. The topological polar surface area (TPSA) is 49.4 Å². The summed E-state index contributed by atoms with van der Waals surface area (Å²) in [6, 6.07) is 4.40. The molecule has 0 aliphatic carbocycles. The van der Waals surface area contributed by atoms with Crippen LogP contribution in [0.2, 0.25) is 0 Å². The van der Waals surface area contributed by atoms with Gasteiger partial charge in [0.25, 0.3) is 0 Å². The fourth-order valence-corrected chi connectivity index (χ4v) is 4.78. The van der Waals surface area contributed by atoms with Gasteiger partial charge < -0.3 is 5.32 Å². The Kier molecular flexibility index (Phi) is 3.22. The predicted molar refractivity (Wildman–Crippen MR) is 72.3 cm³/mol. The zero-order valence-corrected chi connectivity index (χ0v) is 11.4. The lowest BCUT2D eigenvalue weighted by atomic mass is 10.2. The van der Waals surface area contributed by atoms with E-state index in [-0.39, 0.29) is 5.82 Å². The number of halogens is 1. The highest BCUT2D eigenvalue weighted by molar-refractivity contribution is 7.93. The molecule has 1 aromatic carbocycles. The van der Waals surface area contributed by atoms with E-state index in [1.165, 1.54) is 16.4 Å². The quantitative estimate of drug-likeness (QED) is 0.890. The molecule has 2 aliphatic heterocycles.